The molecule has 0 unspecified atom stereocenters. The first-order chi connectivity index (χ1) is 21.3. The number of nitrogens with one attached hydrogen (secondary N) is 1. The lowest BCUT2D eigenvalue weighted by Crippen LogP contribution is -2.52. The number of sulfonamides is 1. The van der Waals surface area contributed by atoms with E-state index in [0.717, 1.165) is 27.7 Å². The Kier molecular flexibility index (Phi) is 11.4. The third-order valence-electron chi connectivity index (χ3n) is 7.62. The van der Waals surface area contributed by atoms with Gasteiger partial charge in [0.15, 0.2) is 6.61 Å². The number of aryl methyl sites for hydroxylation is 2. The van der Waals surface area contributed by atoms with E-state index in [4.69, 9.17) is 4.74 Å². The average molecular weight is 635 g/mol. The van der Waals surface area contributed by atoms with Crippen molar-refractivity contribution in [2.45, 2.75) is 71.5 Å². The number of imidazole rings is 1. The number of nitrogens with zero attached hydrogens (tertiary/aromatic N) is 3. The highest BCUT2D eigenvalue weighted by atomic mass is 32.2. The molecule has 0 aliphatic heterocycles. The van der Waals surface area contributed by atoms with E-state index in [-0.39, 0.29) is 30.5 Å². The number of benzene rings is 3. The van der Waals surface area contributed by atoms with Gasteiger partial charge < -0.3 is 19.7 Å². The van der Waals surface area contributed by atoms with Crippen LogP contribution >= 0.6 is 0 Å². The van der Waals surface area contributed by atoms with E-state index in [9.17, 15) is 18.3 Å². The largest absolute Gasteiger partial charge is 0.483 e. The normalized spacial score (nSPS) is 13.5. The second-order valence-corrected chi connectivity index (χ2v) is 14.5. The topological polar surface area (TPSA) is 114 Å². The summed E-state index contributed by atoms with van der Waals surface area (Å²) in [6, 6.07) is 19.5. The van der Waals surface area contributed by atoms with Crippen LogP contribution in [0.15, 0.2) is 78.0 Å². The quantitative estimate of drug-likeness (QED) is 0.188. The molecule has 0 aliphatic carbocycles. The van der Waals surface area contributed by atoms with Crippen molar-refractivity contribution in [3.8, 4) is 5.75 Å². The molecule has 3 aromatic carbocycles. The number of carbonyl (C=O) groups is 1. The first-order valence-electron chi connectivity index (χ1n) is 15.5. The number of aliphatic hydroxyl groups is 1. The van der Waals surface area contributed by atoms with Gasteiger partial charge in [-0.05, 0) is 67.0 Å². The van der Waals surface area contributed by atoms with Gasteiger partial charge >= 0.3 is 0 Å². The van der Waals surface area contributed by atoms with E-state index in [1.54, 1.807) is 24.5 Å². The maximum Gasteiger partial charge on any atom is 0.258 e. The molecule has 0 saturated carbocycles. The summed E-state index contributed by atoms with van der Waals surface area (Å²) in [5.74, 6) is 0.599. The molecule has 0 saturated heterocycles. The molecule has 4 aromatic rings. The van der Waals surface area contributed by atoms with Crippen LogP contribution in [0.2, 0.25) is 0 Å². The molecule has 0 fully saturated rings. The monoisotopic (exact) mass is 634 g/mol. The molecule has 2 atom stereocenters. The first-order valence-corrected chi connectivity index (χ1v) is 16.9. The number of aromatic nitrogens is 2. The lowest BCUT2D eigenvalue weighted by atomic mass is 10.0. The lowest BCUT2D eigenvalue weighted by molar-refractivity contribution is -0.124. The lowest BCUT2D eigenvalue weighted by Gasteiger charge is -2.31. The molecule has 9 nitrogen and oxygen atoms in total. The van der Waals surface area contributed by atoms with Crippen LogP contribution in [0.5, 0.6) is 5.75 Å². The molecule has 10 heteroatoms. The van der Waals surface area contributed by atoms with Gasteiger partial charge in [-0.2, -0.15) is 4.31 Å². The van der Waals surface area contributed by atoms with Crippen molar-refractivity contribution in [3.05, 3.63) is 89.7 Å². The van der Waals surface area contributed by atoms with Crippen molar-refractivity contribution in [1.82, 2.24) is 19.2 Å². The van der Waals surface area contributed by atoms with Gasteiger partial charge in [0, 0.05) is 19.6 Å². The number of amides is 1. The van der Waals surface area contributed by atoms with Crippen molar-refractivity contribution in [1.29, 1.82) is 0 Å². The van der Waals surface area contributed by atoms with Crippen molar-refractivity contribution >= 4 is 27.0 Å². The van der Waals surface area contributed by atoms with Crippen LogP contribution in [-0.2, 0) is 27.8 Å². The molecule has 0 bridgehead atoms. The summed E-state index contributed by atoms with van der Waals surface area (Å²) in [4.78, 5) is 17.7. The van der Waals surface area contributed by atoms with Gasteiger partial charge in [-0.1, -0.05) is 76.2 Å². The SMILES string of the molecule is Cc1cccc(C)c1OCC(=O)N[C@@H](Cc1ccccc1)[C@H](O)CN(CC(C)C)S(=O)(=O)c1ccc2ncn(CC(C)C)c2c1. The molecule has 0 aliphatic rings. The van der Waals surface area contributed by atoms with E-state index in [2.05, 4.69) is 24.1 Å². The minimum atomic E-state index is -4.00. The Bertz CT molecular complexity index is 1660. The number of fused-ring (bicyclic) bond motifs is 1. The summed E-state index contributed by atoms with van der Waals surface area (Å²) >= 11 is 0. The maximum atomic E-state index is 14.1. The molecule has 0 radical (unpaired) electrons. The van der Waals surface area contributed by atoms with Crippen LogP contribution in [0.4, 0.5) is 0 Å². The molecule has 242 valence electrons. The third kappa shape index (κ3) is 8.93. The van der Waals surface area contributed by atoms with Gasteiger partial charge in [-0.3, -0.25) is 4.79 Å². The summed E-state index contributed by atoms with van der Waals surface area (Å²) in [5.41, 5.74) is 4.21. The second-order valence-electron chi connectivity index (χ2n) is 12.6. The van der Waals surface area contributed by atoms with E-state index in [0.29, 0.717) is 24.6 Å². The van der Waals surface area contributed by atoms with E-state index in [1.165, 1.54) is 4.31 Å². The maximum absolute atomic E-state index is 14.1. The third-order valence-corrected chi connectivity index (χ3v) is 9.44. The van der Waals surface area contributed by atoms with E-state index < -0.39 is 28.1 Å². The zero-order chi connectivity index (χ0) is 32.7. The van der Waals surface area contributed by atoms with Crippen LogP contribution in [0, 0.1) is 25.7 Å². The molecular weight excluding hydrogens is 588 g/mol. The number of para-hydroxylation sites is 1. The molecule has 1 aromatic heterocycles. The average Bonchev–Trinajstić information content (AvgIpc) is 3.37. The zero-order valence-corrected chi connectivity index (χ0v) is 27.9. The van der Waals surface area contributed by atoms with Crippen LogP contribution < -0.4 is 10.1 Å². The van der Waals surface area contributed by atoms with Crippen LogP contribution in [0.1, 0.15) is 44.4 Å². The van der Waals surface area contributed by atoms with Gasteiger partial charge in [-0.15, -0.1) is 0 Å². The van der Waals surface area contributed by atoms with Crippen LogP contribution in [0.3, 0.4) is 0 Å². The Morgan fingerprint density at radius 2 is 1.64 bits per heavy atom. The summed E-state index contributed by atoms with van der Waals surface area (Å²) < 4.78 is 37.4. The van der Waals surface area contributed by atoms with Crippen LogP contribution in [0.25, 0.3) is 11.0 Å². The molecule has 0 spiro atoms. The minimum absolute atomic E-state index is 0.00455. The predicted molar refractivity (Wildman–Crippen MR) is 178 cm³/mol. The predicted octanol–water partition coefficient (Wildman–Crippen LogP) is 5.12. The smallest absolute Gasteiger partial charge is 0.258 e. The molecule has 2 N–H and O–H groups in total. The van der Waals surface area contributed by atoms with Gasteiger partial charge in [0.25, 0.3) is 5.91 Å². The molecule has 4 rings (SSSR count). The summed E-state index contributed by atoms with van der Waals surface area (Å²) in [6.45, 7) is 12.4. The number of rotatable bonds is 15. The van der Waals surface area contributed by atoms with Gasteiger partial charge in [0.1, 0.15) is 5.75 Å². The number of aliphatic hydroxyl groups excluding tert-OH is 1. The van der Waals surface area contributed by atoms with Gasteiger partial charge in [0.2, 0.25) is 10.0 Å². The molecule has 45 heavy (non-hydrogen) atoms. The van der Waals surface area contributed by atoms with Crippen molar-refractivity contribution < 1.29 is 23.1 Å². The van der Waals surface area contributed by atoms with Gasteiger partial charge in [-0.25, -0.2) is 13.4 Å². The zero-order valence-electron chi connectivity index (χ0n) is 27.1. The Hall–Kier alpha value is -3.73. The van der Waals surface area contributed by atoms with Crippen molar-refractivity contribution in [2.24, 2.45) is 11.8 Å². The summed E-state index contributed by atoms with van der Waals surface area (Å²) in [5, 5.41) is 14.5. The number of ether oxygens (including phenoxy) is 1. The van der Waals surface area contributed by atoms with E-state index >= 15 is 0 Å². The fourth-order valence-electron chi connectivity index (χ4n) is 5.46. The number of hydrogen-bond acceptors (Lipinski definition) is 6. The Morgan fingerprint density at radius 3 is 2.29 bits per heavy atom. The molecule has 1 amide bonds. The van der Waals surface area contributed by atoms with Crippen molar-refractivity contribution in [2.75, 3.05) is 19.7 Å². The van der Waals surface area contributed by atoms with Crippen LogP contribution in [-0.4, -0.2) is 65.1 Å². The molecular formula is C35H46N4O5S. The fraction of sp³-hybridized carbons (Fsp3) is 0.429. The molecule has 1 heterocycles. The Morgan fingerprint density at radius 1 is 0.956 bits per heavy atom. The highest BCUT2D eigenvalue weighted by Gasteiger charge is 2.32. The highest BCUT2D eigenvalue weighted by molar-refractivity contribution is 7.89. The number of carbonyl (C=O) groups excluding carboxylic acids is 1. The first kappa shape index (κ1) is 34.1. The summed E-state index contributed by atoms with van der Waals surface area (Å²) in [6.07, 6.45) is 0.850. The Balaban J connectivity index is 1.58. The van der Waals surface area contributed by atoms with Crippen molar-refractivity contribution in [3.63, 3.8) is 0 Å². The second kappa shape index (κ2) is 15.0. The minimum Gasteiger partial charge on any atom is -0.483 e. The van der Waals surface area contributed by atoms with E-state index in [1.807, 2.05) is 80.8 Å². The standard InChI is InChI=1S/C35H46N4O5S/c1-24(2)19-38-23-36-30-16-15-29(18-32(30)38)45(42,43)39(20-25(3)4)21-33(40)31(17-28-13-8-7-9-14-28)37-34(41)22-44-35-26(5)11-10-12-27(35)6/h7-16,18,23-25,31,33,40H,17,19-22H2,1-6H3,(H,37,41)/t31-,33+/m0/s1. The number of hydrogen-bond donors (Lipinski definition) is 2. The fourth-order valence-corrected chi connectivity index (χ4v) is 7.11. The summed E-state index contributed by atoms with van der Waals surface area (Å²) in [7, 11) is -4.00. The Labute approximate surface area is 267 Å². The van der Waals surface area contributed by atoms with Gasteiger partial charge in [0.05, 0.1) is 34.4 Å². The highest BCUT2D eigenvalue weighted by Crippen LogP contribution is 2.25.